The number of benzene rings is 1. The zero-order valence-electron chi connectivity index (χ0n) is 15.9. The largest absolute Gasteiger partial charge is 0.480 e. The summed E-state index contributed by atoms with van der Waals surface area (Å²) in [6.07, 6.45) is 4.68. The first-order valence-corrected chi connectivity index (χ1v) is 9.87. The molecule has 28 heavy (non-hydrogen) atoms. The van der Waals surface area contributed by atoms with Crippen molar-refractivity contribution in [3.05, 3.63) is 65.5 Å². The number of carbonyl (C=O) groups is 1. The lowest BCUT2D eigenvalue weighted by atomic mass is 9.98. The number of hydrogen-bond donors (Lipinski definition) is 3. The van der Waals surface area contributed by atoms with E-state index in [1.165, 1.54) is 5.56 Å². The third kappa shape index (κ3) is 4.39. The SMILES string of the molecule is O=C(O)C(c1cccc(C2CCNN2)c1)N1CCN(Cc2cccnc2)CC1. The molecule has 3 heterocycles. The fourth-order valence-corrected chi connectivity index (χ4v) is 4.12. The first kappa shape index (κ1) is 19.0. The van der Waals surface area contributed by atoms with Crippen molar-refractivity contribution in [1.29, 1.82) is 0 Å². The maximum Gasteiger partial charge on any atom is 0.325 e. The van der Waals surface area contributed by atoms with Gasteiger partial charge >= 0.3 is 5.97 Å². The number of nitrogens with zero attached hydrogens (tertiary/aromatic N) is 3. The minimum Gasteiger partial charge on any atom is -0.480 e. The summed E-state index contributed by atoms with van der Waals surface area (Å²) in [7, 11) is 0. The van der Waals surface area contributed by atoms with Crippen molar-refractivity contribution < 1.29 is 9.90 Å². The highest BCUT2D eigenvalue weighted by atomic mass is 16.4. The fourth-order valence-electron chi connectivity index (χ4n) is 4.12. The molecule has 0 bridgehead atoms. The van der Waals surface area contributed by atoms with E-state index in [1.807, 2.05) is 30.5 Å². The van der Waals surface area contributed by atoms with Crippen LogP contribution in [0.2, 0.25) is 0 Å². The third-order valence-electron chi connectivity index (χ3n) is 5.60. The van der Waals surface area contributed by atoms with E-state index in [0.29, 0.717) is 0 Å². The summed E-state index contributed by atoms with van der Waals surface area (Å²) in [5, 5.41) is 9.94. The van der Waals surface area contributed by atoms with E-state index in [9.17, 15) is 9.90 Å². The Balaban J connectivity index is 1.43. The van der Waals surface area contributed by atoms with Crippen LogP contribution in [-0.4, -0.2) is 58.6 Å². The van der Waals surface area contributed by atoms with Crippen LogP contribution >= 0.6 is 0 Å². The Bertz CT molecular complexity index is 786. The predicted molar refractivity (Wildman–Crippen MR) is 106 cm³/mol. The average molecular weight is 381 g/mol. The van der Waals surface area contributed by atoms with Gasteiger partial charge in [-0.3, -0.25) is 30.4 Å². The average Bonchev–Trinajstić information content (AvgIpc) is 3.25. The van der Waals surface area contributed by atoms with Crippen LogP contribution in [0.5, 0.6) is 0 Å². The molecule has 7 heteroatoms. The number of pyridine rings is 1. The number of carboxylic acid groups (broad SMARTS) is 1. The number of hydrazine groups is 1. The number of piperazine rings is 1. The van der Waals surface area contributed by atoms with Gasteiger partial charge in [0.1, 0.15) is 6.04 Å². The molecular formula is C21H27N5O2. The smallest absolute Gasteiger partial charge is 0.325 e. The maximum absolute atomic E-state index is 12.1. The van der Waals surface area contributed by atoms with Gasteiger partial charge in [0.2, 0.25) is 0 Å². The van der Waals surface area contributed by atoms with E-state index in [2.05, 4.69) is 37.8 Å². The van der Waals surface area contributed by atoms with Crippen molar-refractivity contribution in [3.63, 3.8) is 0 Å². The van der Waals surface area contributed by atoms with Crippen LogP contribution < -0.4 is 10.9 Å². The molecule has 1 aromatic carbocycles. The van der Waals surface area contributed by atoms with Gasteiger partial charge in [-0.2, -0.15) is 0 Å². The highest BCUT2D eigenvalue weighted by Gasteiger charge is 2.31. The van der Waals surface area contributed by atoms with Crippen LogP contribution in [0, 0.1) is 0 Å². The van der Waals surface area contributed by atoms with Gasteiger partial charge in [-0.1, -0.05) is 30.3 Å². The Morgan fingerprint density at radius 1 is 1.21 bits per heavy atom. The molecule has 2 unspecified atom stereocenters. The molecule has 2 atom stereocenters. The van der Waals surface area contributed by atoms with E-state index in [1.54, 1.807) is 6.20 Å². The number of nitrogens with one attached hydrogen (secondary N) is 2. The quantitative estimate of drug-likeness (QED) is 0.701. The molecule has 1 aromatic heterocycles. The van der Waals surface area contributed by atoms with Gasteiger partial charge in [-0.25, -0.2) is 0 Å². The lowest BCUT2D eigenvalue weighted by molar-refractivity contribution is -0.144. The Morgan fingerprint density at radius 2 is 2.07 bits per heavy atom. The Labute approximate surface area is 165 Å². The summed E-state index contributed by atoms with van der Waals surface area (Å²) < 4.78 is 0. The zero-order valence-corrected chi connectivity index (χ0v) is 15.9. The van der Waals surface area contributed by atoms with Crippen molar-refractivity contribution in [2.45, 2.75) is 25.0 Å². The van der Waals surface area contributed by atoms with Crippen LogP contribution in [0.4, 0.5) is 0 Å². The molecule has 0 radical (unpaired) electrons. The molecule has 3 N–H and O–H groups in total. The van der Waals surface area contributed by atoms with Crippen LogP contribution in [0.1, 0.15) is 35.2 Å². The molecule has 2 aliphatic rings. The summed E-state index contributed by atoms with van der Waals surface area (Å²) >= 11 is 0. The van der Waals surface area contributed by atoms with Crippen molar-refractivity contribution in [1.82, 2.24) is 25.6 Å². The summed E-state index contributed by atoms with van der Waals surface area (Å²) in [5.41, 5.74) is 9.59. The normalized spacial score (nSPS) is 22.2. The molecule has 2 aromatic rings. The third-order valence-corrected chi connectivity index (χ3v) is 5.60. The summed E-state index contributed by atoms with van der Waals surface area (Å²) in [5.74, 6) is -0.782. The summed E-state index contributed by atoms with van der Waals surface area (Å²) in [6, 6.07) is 11.7. The van der Waals surface area contributed by atoms with Gasteiger partial charge in [-0.15, -0.1) is 0 Å². The number of hydrogen-bond acceptors (Lipinski definition) is 6. The topological polar surface area (TPSA) is 80.7 Å². The molecule has 0 amide bonds. The first-order chi connectivity index (χ1) is 13.7. The lowest BCUT2D eigenvalue weighted by Crippen LogP contribution is -2.48. The Morgan fingerprint density at radius 3 is 2.75 bits per heavy atom. The molecular weight excluding hydrogens is 354 g/mol. The van der Waals surface area contributed by atoms with E-state index >= 15 is 0 Å². The van der Waals surface area contributed by atoms with E-state index in [4.69, 9.17) is 0 Å². The van der Waals surface area contributed by atoms with Crippen LogP contribution in [0.15, 0.2) is 48.8 Å². The second-order valence-corrected chi connectivity index (χ2v) is 7.50. The van der Waals surface area contributed by atoms with Gasteiger partial charge in [0.05, 0.1) is 0 Å². The maximum atomic E-state index is 12.1. The van der Waals surface area contributed by atoms with Gasteiger partial charge in [0, 0.05) is 57.7 Å². The van der Waals surface area contributed by atoms with Crippen molar-refractivity contribution in [3.8, 4) is 0 Å². The van der Waals surface area contributed by atoms with Crippen molar-refractivity contribution in [2.75, 3.05) is 32.7 Å². The lowest BCUT2D eigenvalue weighted by Gasteiger charge is -2.38. The fraction of sp³-hybridized carbons (Fsp3) is 0.429. The molecule has 2 saturated heterocycles. The molecule has 0 saturated carbocycles. The molecule has 0 aliphatic carbocycles. The van der Waals surface area contributed by atoms with Gasteiger partial charge in [-0.05, 0) is 29.2 Å². The zero-order chi connectivity index (χ0) is 19.3. The number of aliphatic carboxylic acids is 1. The minimum absolute atomic E-state index is 0.241. The van der Waals surface area contributed by atoms with E-state index in [-0.39, 0.29) is 6.04 Å². The van der Waals surface area contributed by atoms with Crippen molar-refractivity contribution in [2.24, 2.45) is 0 Å². The highest BCUT2D eigenvalue weighted by molar-refractivity contribution is 5.75. The van der Waals surface area contributed by atoms with Crippen LogP contribution in [0.3, 0.4) is 0 Å². The second kappa shape index (κ2) is 8.79. The highest BCUT2D eigenvalue weighted by Crippen LogP contribution is 2.27. The first-order valence-electron chi connectivity index (χ1n) is 9.87. The molecule has 2 fully saturated rings. The summed E-state index contributed by atoms with van der Waals surface area (Å²) in [6.45, 7) is 4.97. The monoisotopic (exact) mass is 381 g/mol. The second-order valence-electron chi connectivity index (χ2n) is 7.50. The number of carboxylic acids is 1. The molecule has 148 valence electrons. The minimum atomic E-state index is -0.782. The standard InChI is InChI=1S/C21H27N5O2/c27-21(28)20(18-5-1-4-17(13-18)19-6-8-23-24-19)26-11-9-25(10-12-26)15-16-3-2-7-22-14-16/h1-5,7,13-14,19-20,23-24H,6,8-12,15H2,(H,27,28). The van der Waals surface area contributed by atoms with Crippen LogP contribution in [0.25, 0.3) is 0 Å². The summed E-state index contributed by atoms with van der Waals surface area (Å²) in [4.78, 5) is 20.7. The molecule has 2 aliphatic heterocycles. The molecule has 7 nitrogen and oxygen atoms in total. The van der Waals surface area contributed by atoms with Gasteiger partial charge < -0.3 is 5.11 Å². The predicted octanol–water partition coefficient (Wildman–Crippen LogP) is 1.56. The van der Waals surface area contributed by atoms with Gasteiger partial charge in [0.25, 0.3) is 0 Å². The Hall–Kier alpha value is -2.32. The van der Waals surface area contributed by atoms with E-state index < -0.39 is 12.0 Å². The molecule has 4 rings (SSSR count). The van der Waals surface area contributed by atoms with Gasteiger partial charge in [0.15, 0.2) is 0 Å². The van der Waals surface area contributed by atoms with Crippen LogP contribution in [-0.2, 0) is 11.3 Å². The van der Waals surface area contributed by atoms with Crippen molar-refractivity contribution >= 4 is 5.97 Å². The van der Waals surface area contributed by atoms with E-state index in [0.717, 1.165) is 56.8 Å². The molecule has 0 spiro atoms. The number of rotatable bonds is 6. The number of aromatic nitrogens is 1. The Kier molecular flexibility index (Phi) is 5.97.